The first-order valence-corrected chi connectivity index (χ1v) is 5.24. The molecule has 0 aliphatic rings. The Hall–Kier alpha value is -1.33. The zero-order chi connectivity index (χ0) is 12.0. The molecule has 1 N–H and O–H groups in total. The minimum atomic E-state index is -0.221. The Morgan fingerprint density at radius 1 is 1.62 bits per heavy atom. The second-order valence-corrected chi connectivity index (χ2v) is 3.59. The van der Waals surface area contributed by atoms with Gasteiger partial charge in [0.2, 0.25) is 0 Å². The first-order chi connectivity index (χ1) is 7.63. The molecule has 1 rings (SSSR count). The van der Waals surface area contributed by atoms with Crippen LogP contribution in [0.15, 0.2) is 18.3 Å². The fourth-order valence-corrected chi connectivity index (χ4v) is 1.19. The number of amides is 1. The normalized spacial score (nSPS) is 9.94. The van der Waals surface area contributed by atoms with Crippen molar-refractivity contribution in [3.05, 3.63) is 23.4 Å². The van der Waals surface area contributed by atoms with Crippen molar-refractivity contribution in [3.8, 4) is 0 Å². The summed E-state index contributed by atoms with van der Waals surface area (Å²) in [5.74, 6) is 0.456. The molecular formula is C10H14ClN3O2. The summed E-state index contributed by atoms with van der Waals surface area (Å²) in [4.78, 5) is 21.9. The lowest BCUT2D eigenvalue weighted by molar-refractivity contribution is -0.131. The number of hydroxylamine groups is 1. The maximum Gasteiger partial charge on any atom is 0.263 e. The molecule has 1 aromatic rings. The van der Waals surface area contributed by atoms with Crippen LogP contribution in [0.25, 0.3) is 0 Å². The number of rotatable bonds is 5. The van der Waals surface area contributed by atoms with Crippen molar-refractivity contribution >= 4 is 23.3 Å². The van der Waals surface area contributed by atoms with Crippen LogP contribution < -0.4 is 10.4 Å². The summed E-state index contributed by atoms with van der Waals surface area (Å²) in [5.41, 5.74) is 2.31. The van der Waals surface area contributed by atoms with Crippen molar-refractivity contribution < 1.29 is 9.63 Å². The molecule has 0 saturated heterocycles. The molecule has 0 aromatic carbocycles. The molecule has 0 bridgehead atoms. The largest absolute Gasteiger partial charge is 0.350 e. The maximum atomic E-state index is 11.3. The molecule has 1 aromatic heterocycles. The number of anilines is 1. The summed E-state index contributed by atoms with van der Waals surface area (Å²) in [5, 5.41) is 0.566. The molecule has 5 nitrogen and oxygen atoms in total. The molecule has 0 aliphatic heterocycles. The van der Waals surface area contributed by atoms with Gasteiger partial charge in [-0.15, -0.1) is 0 Å². The van der Waals surface area contributed by atoms with E-state index in [1.165, 1.54) is 6.20 Å². The Bertz CT molecular complexity index is 342. The quantitative estimate of drug-likeness (QED) is 0.791. The Labute approximate surface area is 99.3 Å². The van der Waals surface area contributed by atoms with E-state index < -0.39 is 0 Å². The predicted octanol–water partition coefficient (Wildman–Crippen LogP) is 1.24. The monoisotopic (exact) mass is 243 g/mol. The van der Waals surface area contributed by atoms with E-state index in [2.05, 4.69) is 10.5 Å². The van der Waals surface area contributed by atoms with Gasteiger partial charge >= 0.3 is 0 Å². The summed E-state index contributed by atoms with van der Waals surface area (Å²) < 4.78 is 0. The van der Waals surface area contributed by atoms with Crippen LogP contribution in [-0.4, -0.2) is 31.1 Å². The third-order valence-electron chi connectivity index (χ3n) is 1.81. The van der Waals surface area contributed by atoms with Gasteiger partial charge in [-0.1, -0.05) is 11.6 Å². The van der Waals surface area contributed by atoms with Crippen molar-refractivity contribution in [1.82, 2.24) is 10.5 Å². The Morgan fingerprint density at radius 3 is 2.94 bits per heavy atom. The van der Waals surface area contributed by atoms with Crippen molar-refractivity contribution in [2.24, 2.45) is 0 Å². The van der Waals surface area contributed by atoms with E-state index >= 15 is 0 Å². The summed E-state index contributed by atoms with van der Waals surface area (Å²) in [6, 6.07) is 3.47. The molecular weight excluding hydrogens is 230 g/mol. The number of carbonyl (C=O) groups excluding carboxylic acids is 1. The number of nitrogens with one attached hydrogen (secondary N) is 1. The van der Waals surface area contributed by atoms with Crippen LogP contribution >= 0.6 is 11.6 Å². The molecule has 0 radical (unpaired) electrons. The summed E-state index contributed by atoms with van der Waals surface area (Å²) in [6.45, 7) is 2.41. The standard InChI is InChI=1S/C10H14ClN3O2/c1-3-16-13-10(15)7-14(2)9-5-4-8(11)6-12-9/h4-6H,3,7H2,1-2H3,(H,13,15). The van der Waals surface area contributed by atoms with Gasteiger partial charge in [0.25, 0.3) is 5.91 Å². The third kappa shape index (κ3) is 4.04. The average Bonchev–Trinajstić information content (AvgIpc) is 2.27. The average molecular weight is 244 g/mol. The van der Waals surface area contributed by atoms with E-state index in [0.717, 1.165) is 0 Å². The lowest BCUT2D eigenvalue weighted by Gasteiger charge is -2.17. The summed E-state index contributed by atoms with van der Waals surface area (Å²) >= 11 is 5.71. The van der Waals surface area contributed by atoms with E-state index in [1.807, 2.05) is 0 Å². The van der Waals surface area contributed by atoms with Gasteiger partial charge in [-0.25, -0.2) is 10.5 Å². The molecule has 88 valence electrons. The number of aromatic nitrogens is 1. The molecule has 0 spiro atoms. The number of nitrogens with zero attached hydrogens (tertiary/aromatic N) is 2. The third-order valence-corrected chi connectivity index (χ3v) is 2.04. The number of carbonyl (C=O) groups is 1. The lowest BCUT2D eigenvalue weighted by atomic mass is 10.4. The molecule has 0 saturated carbocycles. The van der Waals surface area contributed by atoms with Crippen LogP contribution in [-0.2, 0) is 9.63 Å². The molecule has 0 unspecified atom stereocenters. The first kappa shape index (κ1) is 12.7. The van der Waals surface area contributed by atoms with E-state index in [1.54, 1.807) is 31.0 Å². The Balaban J connectivity index is 2.48. The molecule has 0 aliphatic carbocycles. The number of hydrogen-bond donors (Lipinski definition) is 1. The van der Waals surface area contributed by atoms with Gasteiger partial charge in [0.05, 0.1) is 11.6 Å². The van der Waals surface area contributed by atoms with Gasteiger partial charge in [-0.2, -0.15) is 0 Å². The number of hydrogen-bond acceptors (Lipinski definition) is 4. The minimum Gasteiger partial charge on any atom is -0.350 e. The Kier molecular flexibility index (Phi) is 5.01. The molecule has 0 atom stereocenters. The van der Waals surface area contributed by atoms with Crippen LogP contribution in [0.2, 0.25) is 5.02 Å². The topological polar surface area (TPSA) is 54.5 Å². The summed E-state index contributed by atoms with van der Waals surface area (Å²) in [7, 11) is 1.77. The van der Waals surface area contributed by atoms with Crippen molar-refractivity contribution in [2.75, 3.05) is 25.1 Å². The highest BCUT2D eigenvalue weighted by molar-refractivity contribution is 6.30. The van der Waals surface area contributed by atoms with Crippen LogP contribution in [0.3, 0.4) is 0 Å². The first-order valence-electron chi connectivity index (χ1n) is 4.86. The van der Waals surface area contributed by atoms with E-state index in [0.29, 0.717) is 17.4 Å². The van der Waals surface area contributed by atoms with Crippen molar-refractivity contribution in [3.63, 3.8) is 0 Å². The number of halogens is 1. The minimum absolute atomic E-state index is 0.175. The van der Waals surface area contributed by atoms with Crippen molar-refractivity contribution in [2.45, 2.75) is 6.92 Å². The molecule has 1 heterocycles. The SMILES string of the molecule is CCONC(=O)CN(C)c1ccc(Cl)cn1. The fourth-order valence-electron chi connectivity index (χ4n) is 1.08. The second kappa shape index (κ2) is 6.30. The van der Waals surface area contributed by atoms with Gasteiger partial charge in [0, 0.05) is 13.2 Å². The van der Waals surface area contributed by atoms with Crippen LogP contribution in [0.1, 0.15) is 6.92 Å². The highest BCUT2D eigenvalue weighted by atomic mass is 35.5. The van der Waals surface area contributed by atoms with E-state index in [9.17, 15) is 4.79 Å². The summed E-state index contributed by atoms with van der Waals surface area (Å²) in [6.07, 6.45) is 1.54. The fraction of sp³-hybridized carbons (Fsp3) is 0.400. The zero-order valence-corrected chi connectivity index (χ0v) is 9.99. The maximum absolute atomic E-state index is 11.3. The molecule has 6 heteroatoms. The van der Waals surface area contributed by atoms with E-state index in [-0.39, 0.29) is 12.5 Å². The number of likely N-dealkylation sites (N-methyl/N-ethyl adjacent to an activating group) is 1. The predicted molar refractivity (Wildman–Crippen MR) is 62.3 cm³/mol. The van der Waals surface area contributed by atoms with E-state index in [4.69, 9.17) is 16.4 Å². The second-order valence-electron chi connectivity index (χ2n) is 3.15. The lowest BCUT2D eigenvalue weighted by Crippen LogP contribution is -2.35. The van der Waals surface area contributed by atoms with Gasteiger partial charge < -0.3 is 4.90 Å². The van der Waals surface area contributed by atoms with Crippen molar-refractivity contribution in [1.29, 1.82) is 0 Å². The smallest absolute Gasteiger partial charge is 0.263 e. The van der Waals surface area contributed by atoms with Crippen LogP contribution in [0.5, 0.6) is 0 Å². The van der Waals surface area contributed by atoms with Gasteiger partial charge in [0.1, 0.15) is 12.4 Å². The molecule has 0 fully saturated rings. The molecule has 16 heavy (non-hydrogen) atoms. The number of pyridine rings is 1. The molecule has 1 amide bonds. The van der Waals surface area contributed by atoms with Gasteiger partial charge in [0.15, 0.2) is 0 Å². The highest BCUT2D eigenvalue weighted by Crippen LogP contribution is 2.12. The highest BCUT2D eigenvalue weighted by Gasteiger charge is 2.07. The zero-order valence-electron chi connectivity index (χ0n) is 9.24. The van der Waals surface area contributed by atoms with Crippen LogP contribution in [0.4, 0.5) is 5.82 Å². The Morgan fingerprint density at radius 2 is 2.38 bits per heavy atom. The van der Waals surface area contributed by atoms with Gasteiger partial charge in [-0.05, 0) is 19.1 Å². The van der Waals surface area contributed by atoms with Crippen LogP contribution in [0, 0.1) is 0 Å². The van der Waals surface area contributed by atoms with Gasteiger partial charge in [-0.3, -0.25) is 9.63 Å².